The number of hydrogen-bond acceptors (Lipinski definition) is 11. The molecule has 7 atom stereocenters. The van der Waals surface area contributed by atoms with Gasteiger partial charge in [-0.1, -0.05) is 64.8 Å². The van der Waals surface area contributed by atoms with Gasteiger partial charge in [0.25, 0.3) is 5.91 Å². The second kappa shape index (κ2) is 23.3. The number of benzene rings is 2. The van der Waals surface area contributed by atoms with Crippen LogP contribution in [-0.2, 0) is 40.0 Å². The van der Waals surface area contributed by atoms with Crippen LogP contribution in [0.5, 0.6) is 0 Å². The highest BCUT2D eigenvalue weighted by Gasteiger charge is 2.43. The molecule has 21 heteroatoms. The maximum Gasteiger partial charge on any atom is 0.305 e. The summed E-state index contributed by atoms with van der Waals surface area (Å²) < 4.78 is 0. The lowest BCUT2D eigenvalue weighted by Gasteiger charge is -2.33. The van der Waals surface area contributed by atoms with Crippen LogP contribution in [0.1, 0.15) is 82.3 Å². The van der Waals surface area contributed by atoms with E-state index in [9.17, 15) is 43.5 Å². The number of nitrogens with two attached hydrogens (primary N) is 3. The minimum Gasteiger partial charge on any atom is -0.481 e. The molecule has 1 unspecified atom stereocenters. The van der Waals surface area contributed by atoms with Gasteiger partial charge < -0.3 is 53.8 Å². The van der Waals surface area contributed by atoms with E-state index in [1.807, 2.05) is 6.07 Å². The SMILES string of the molecule is CC[C@H](C)[C@H](NC(=O)[C@@H](CCCN=C(N)N)NC(=O)[C@H](CC(=O)O)NC(=O)[C@H]([C@@H](C)CC)N1CCC(NC(=O)Cc2ccc(NC(=O)c3cnc4ccccc4n3)cc2)C1=O)C(N)=O. The van der Waals surface area contributed by atoms with Crippen LogP contribution in [-0.4, -0.2) is 117 Å². The Labute approximate surface area is 370 Å². The zero-order valence-corrected chi connectivity index (χ0v) is 36.3. The van der Waals surface area contributed by atoms with Crippen LogP contribution in [0.25, 0.3) is 11.0 Å². The van der Waals surface area contributed by atoms with Crippen molar-refractivity contribution in [1.82, 2.24) is 36.1 Å². The van der Waals surface area contributed by atoms with Crippen molar-refractivity contribution in [3.8, 4) is 0 Å². The molecule has 1 aliphatic rings. The van der Waals surface area contributed by atoms with Gasteiger partial charge in [0.05, 0.1) is 30.1 Å². The number of likely N-dealkylation sites (tertiary alicyclic amines) is 1. The molecule has 3 aromatic rings. The largest absolute Gasteiger partial charge is 0.481 e. The van der Waals surface area contributed by atoms with E-state index in [1.54, 1.807) is 70.2 Å². The van der Waals surface area contributed by atoms with Crippen LogP contribution in [0.4, 0.5) is 5.69 Å². The Balaban J connectivity index is 1.40. The molecule has 1 saturated heterocycles. The number of nitrogens with zero attached hydrogens (tertiary/aromatic N) is 4. The number of nitrogens with one attached hydrogen (secondary N) is 5. The first-order chi connectivity index (χ1) is 30.4. The first-order valence-electron chi connectivity index (χ1n) is 21.1. The van der Waals surface area contributed by atoms with E-state index in [4.69, 9.17) is 17.2 Å². The van der Waals surface area contributed by atoms with E-state index < -0.39 is 89.9 Å². The summed E-state index contributed by atoms with van der Waals surface area (Å²) in [5.74, 6) is -7.29. The van der Waals surface area contributed by atoms with Gasteiger partial charge in [0.2, 0.25) is 35.4 Å². The van der Waals surface area contributed by atoms with E-state index >= 15 is 0 Å². The molecule has 1 fully saturated rings. The summed E-state index contributed by atoms with van der Waals surface area (Å²) in [5, 5.41) is 22.8. The van der Waals surface area contributed by atoms with E-state index in [2.05, 4.69) is 41.5 Å². The number of aromatic nitrogens is 2. The van der Waals surface area contributed by atoms with Crippen molar-refractivity contribution in [3.05, 3.63) is 66.0 Å². The Kier molecular flexibility index (Phi) is 18.0. The van der Waals surface area contributed by atoms with Crippen molar-refractivity contribution in [3.63, 3.8) is 0 Å². The topological polar surface area (TPSA) is 336 Å². The molecule has 7 amide bonds. The highest BCUT2D eigenvalue weighted by molar-refractivity contribution is 6.03. The molecule has 1 aliphatic heterocycles. The maximum absolute atomic E-state index is 14.0. The van der Waals surface area contributed by atoms with Crippen molar-refractivity contribution in [2.45, 2.75) is 103 Å². The van der Waals surface area contributed by atoms with Crippen molar-refractivity contribution in [2.24, 2.45) is 34.0 Å². The van der Waals surface area contributed by atoms with Gasteiger partial charge in [-0.25, -0.2) is 4.98 Å². The zero-order valence-electron chi connectivity index (χ0n) is 36.3. The Morgan fingerprint density at radius 1 is 0.859 bits per heavy atom. The third-order valence-electron chi connectivity index (χ3n) is 11.0. The quantitative estimate of drug-likeness (QED) is 0.0346. The number of para-hydroxylation sites is 2. The fourth-order valence-electron chi connectivity index (χ4n) is 7.11. The summed E-state index contributed by atoms with van der Waals surface area (Å²) in [7, 11) is 0. The third-order valence-corrected chi connectivity index (χ3v) is 11.0. The number of carboxylic acids is 1. The number of carboxylic acid groups (broad SMARTS) is 1. The molecule has 344 valence electrons. The number of aliphatic carboxylic acids is 1. The molecule has 0 spiro atoms. The normalized spacial score (nSPS) is 16.3. The molecule has 21 nitrogen and oxygen atoms in total. The van der Waals surface area contributed by atoms with Crippen LogP contribution in [0.2, 0.25) is 0 Å². The molecule has 64 heavy (non-hydrogen) atoms. The number of rotatable bonds is 23. The number of anilines is 1. The summed E-state index contributed by atoms with van der Waals surface area (Å²) in [6, 6.07) is 7.53. The molecule has 0 aliphatic carbocycles. The van der Waals surface area contributed by atoms with E-state index in [1.165, 1.54) is 11.1 Å². The lowest BCUT2D eigenvalue weighted by Crippen LogP contribution is -2.60. The van der Waals surface area contributed by atoms with Gasteiger partial charge >= 0.3 is 5.97 Å². The molecule has 0 radical (unpaired) electrons. The smallest absolute Gasteiger partial charge is 0.305 e. The highest BCUT2D eigenvalue weighted by Crippen LogP contribution is 2.23. The van der Waals surface area contributed by atoms with Crippen molar-refractivity contribution >= 4 is 70.0 Å². The molecule has 0 saturated carbocycles. The molecule has 2 heterocycles. The second-order valence-corrected chi connectivity index (χ2v) is 15.8. The summed E-state index contributed by atoms with van der Waals surface area (Å²) in [5.41, 5.74) is 18.8. The molecular weight excluding hydrogens is 829 g/mol. The Bertz CT molecular complexity index is 2220. The van der Waals surface area contributed by atoms with Gasteiger partial charge in [-0.3, -0.25) is 48.3 Å². The van der Waals surface area contributed by atoms with E-state index in [0.717, 1.165) is 0 Å². The minimum absolute atomic E-state index is 0.0365. The molecule has 4 rings (SSSR count). The number of amides is 7. The predicted molar refractivity (Wildman–Crippen MR) is 236 cm³/mol. The van der Waals surface area contributed by atoms with Gasteiger partial charge in [-0.2, -0.15) is 0 Å². The lowest BCUT2D eigenvalue weighted by molar-refractivity contribution is -0.144. The van der Waals surface area contributed by atoms with Gasteiger partial charge in [0.1, 0.15) is 35.9 Å². The van der Waals surface area contributed by atoms with Crippen molar-refractivity contribution in [1.29, 1.82) is 0 Å². The standard InChI is InChI=1S/C43H58N12O9/c1-5-23(3)35(37(44)59)54-38(60)29(12-9-18-47-43(45)46)52-39(61)31(21-34(57)58)53-41(63)36(24(4)6-2)55-19-17-30(42(55)64)51-33(56)20-25-13-15-26(16-14-25)49-40(62)32-22-48-27-10-7-8-11-28(27)50-32/h7-8,10-11,13-16,22-24,29-31,35-36H,5-6,9,12,17-21H2,1-4H3,(H2,44,59)(H,49,62)(H,51,56)(H,52,61)(H,53,63)(H,54,60)(H,57,58)(H4,45,46,47)/t23-,24-,29+,30?,31-,35-,36-/m0/s1. The first kappa shape index (κ1) is 49.5. The Morgan fingerprint density at radius 2 is 1.50 bits per heavy atom. The highest BCUT2D eigenvalue weighted by atomic mass is 16.4. The molecule has 1 aromatic heterocycles. The fraction of sp³-hybridized carbons (Fsp3) is 0.465. The number of hydrogen-bond donors (Lipinski definition) is 9. The summed E-state index contributed by atoms with van der Waals surface area (Å²) in [4.78, 5) is 119. The number of carbonyl (C=O) groups is 8. The van der Waals surface area contributed by atoms with Crippen LogP contribution >= 0.6 is 0 Å². The maximum atomic E-state index is 14.0. The summed E-state index contributed by atoms with van der Waals surface area (Å²) in [6.45, 7) is 7.20. The number of primary amides is 1. The number of guanidine groups is 1. The van der Waals surface area contributed by atoms with E-state index in [-0.39, 0.29) is 56.3 Å². The molecule has 2 aromatic carbocycles. The summed E-state index contributed by atoms with van der Waals surface area (Å²) in [6.07, 6.45) is 1.65. The minimum atomic E-state index is -1.69. The van der Waals surface area contributed by atoms with E-state index in [0.29, 0.717) is 35.1 Å². The number of fused-ring (bicyclic) bond motifs is 1. The second-order valence-electron chi connectivity index (χ2n) is 15.8. The third kappa shape index (κ3) is 13.9. The van der Waals surface area contributed by atoms with Gasteiger partial charge in [-0.15, -0.1) is 0 Å². The molecular formula is C43H58N12O9. The van der Waals surface area contributed by atoms with Crippen LogP contribution in [0, 0.1) is 11.8 Å². The van der Waals surface area contributed by atoms with Crippen molar-refractivity contribution < 1.29 is 43.5 Å². The van der Waals surface area contributed by atoms with Crippen molar-refractivity contribution in [2.75, 3.05) is 18.4 Å². The monoisotopic (exact) mass is 886 g/mol. The Morgan fingerprint density at radius 3 is 2.12 bits per heavy atom. The Hall–Kier alpha value is -7.19. The average Bonchev–Trinajstić information content (AvgIpc) is 3.60. The average molecular weight is 887 g/mol. The van der Waals surface area contributed by atoms with Crippen LogP contribution in [0.3, 0.4) is 0 Å². The fourth-order valence-corrected chi connectivity index (χ4v) is 7.11. The predicted octanol–water partition coefficient (Wildman–Crippen LogP) is 0.0705. The molecule has 0 bridgehead atoms. The van der Waals surface area contributed by atoms with Crippen LogP contribution in [0.15, 0.2) is 59.7 Å². The summed E-state index contributed by atoms with van der Waals surface area (Å²) >= 11 is 0. The molecule has 12 N–H and O–H groups in total. The van der Waals surface area contributed by atoms with Crippen LogP contribution < -0.4 is 43.8 Å². The van der Waals surface area contributed by atoms with Gasteiger partial charge in [0.15, 0.2) is 5.96 Å². The lowest BCUT2D eigenvalue weighted by atomic mass is 9.96. The zero-order chi connectivity index (χ0) is 47.1. The number of carbonyl (C=O) groups excluding carboxylic acids is 7. The van der Waals surface area contributed by atoms with Gasteiger partial charge in [-0.05, 0) is 60.9 Å². The number of aliphatic imine (C=N–C) groups is 1. The first-order valence-corrected chi connectivity index (χ1v) is 21.1. The van der Waals surface area contributed by atoms with Gasteiger partial charge in [0, 0.05) is 18.8 Å².